The summed E-state index contributed by atoms with van der Waals surface area (Å²) in [6, 6.07) is 7.79. The number of nitrogens with one attached hydrogen (secondary N) is 1. The van der Waals surface area contributed by atoms with Gasteiger partial charge in [0.1, 0.15) is 0 Å². The average Bonchev–Trinajstić information content (AvgIpc) is 2.92. The largest absolute Gasteiger partial charge is 0.352 e. The van der Waals surface area contributed by atoms with Crippen LogP contribution in [0.3, 0.4) is 0 Å². The van der Waals surface area contributed by atoms with Gasteiger partial charge in [-0.1, -0.05) is 25.7 Å². The molecule has 2 rings (SSSR count). The van der Waals surface area contributed by atoms with Crippen molar-refractivity contribution < 1.29 is 4.79 Å². The number of rotatable bonds is 5. The molecule has 0 radical (unpaired) electrons. The van der Waals surface area contributed by atoms with Crippen molar-refractivity contribution in [2.45, 2.75) is 37.0 Å². The number of carbonyl (C=O) groups excluding carboxylic acids is 1. The van der Waals surface area contributed by atoms with E-state index in [2.05, 4.69) is 5.32 Å². The zero-order chi connectivity index (χ0) is 12.8. The number of benzene rings is 1. The summed E-state index contributed by atoms with van der Waals surface area (Å²) in [5, 5.41) is 3.02. The second-order valence-electron chi connectivity index (χ2n) is 4.92. The Morgan fingerprint density at radius 1 is 1.28 bits per heavy atom. The molecule has 0 saturated heterocycles. The van der Waals surface area contributed by atoms with Crippen LogP contribution in [0.4, 0.5) is 0 Å². The first-order valence-electron chi connectivity index (χ1n) is 6.72. The molecule has 1 amide bonds. The molecule has 0 atom stereocenters. The molecule has 98 valence electrons. The first kappa shape index (κ1) is 13.5. The summed E-state index contributed by atoms with van der Waals surface area (Å²) in [7, 11) is 0. The lowest BCUT2D eigenvalue weighted by Gasteiger charge is -2.10. The van der Waals surface area contributed by atoms with Crippen LogP contribution >= 0.6 is 11.8 Å². The van der Waals surface area contributed by atoms with Crippen LogP contribution in [0.2, 0.25) is 0 Å². The highest BCUT2D eigenvalue weighted by Gasteiger charge is 2.14. The van der Waals surface area contributed by atoms with E-state index in [-0.39, 0.29) is 5.91 Å². The standard InChI is InChI=1S/C15H21NOS/c1-18-14-8-6-13(7-9-14)15(17)16-11-10-12-4-2-3-5-12/h6-9,12H,2-5,10-11H2,1H3,(H,16,17). The average molecular weight is 263 g/mol. The van der Waals surface area contributed by atoms with E-state index in [0.717, 1.165) is 24.4 Å². The van der Waals surface area contributed by atoms with Crippen LogP contribution in [-0.4, -0.2) is 18.7 Å². The lowest BCUT2D eigenvalue weighted by Crippen LogP contribution is -2.25. The quantitative estimate of drug-likeness (QED) is 0.820. The molecular weight excluding hydrogens is 242 g/mol. The third-order valence-electron chi connectivity index (χ3n) is 3.67. The fraction of sp³-hybridized carbons (Fsp3) is 0.533. The minimum atomic E-state index is 0.0562. The number of thioether (sulfide) groups is 1. The van der Waals surface area contributed by atoms with Gasteiger partial charge in [0, 0.05) is 17.0 Å². The van der Waals surface area contributed by atoms with Crippen LogP contribution < -0.4 is 5.32 Å². The Balaban J connectivity index is 1.76. The summed E-state index contributed by atoms with van der Waals surface area (Å²) in [6.07, 6.45) is 8.60. The van der Waals surface area contributed by atoms with E-state index >= 15 is 0 Å². The van der Waals surface area contributed by atoms with Gasteiger partial charge in [0.25, 0.3) is 5.91 Å². The van der Waals surface area contributed by atoms with Crippen molar-refractivity contribution in [2.24, 2.45) is 5.92 Å². The van der Waals surface area contributed by atoms with Gasteiger partial charge in [-0.3, -0.25) is 4.79 Å². The van der Waals surface area contributed by atoms with Crippen molar-refractivity contribution in [2.75, 3.05) is 12.8 Å². The Bertz CT molecular complexity index is 382. The predicted octanol–water partition coefficient (Wildman–Crippen LogP) is 3.72. The molecule has 1 saturated carbocycles. The van der Waals surface area contributed by atoms with Gasteiger partial charge in [-0.25, -0.2) is 0 Å². The molecule has 2 nitrogen and oxygen atoms in total. The maximum absolute atomic E-state index is 11.9. The van der Waals surface area contributed by atoms with Gasteiger partial charge in [0.15, 0.2) is 0 Å². The van der Waals surface area contributed by atoms with Crippen molar-refractivity contribution in [1.29, 1.82) is 0 Å². The van der Waals surface area contributed by atoms with Crippen molar-refractivity contribution in [3.63, 3.8) is 0 Å². The van der Waals surface area contributed by atoms with E-state index in [1.54, 1.807) is 11.8 Å². The normalized spacial score (nSPS) is 15.8. The van der Waals surface area contributed by atoms with E-state index in [9.17, 15) is 4.79 Å². The monoisotopic (exact) mass is 263 g/mol. The fourth-order valence-corrected chi connectivity index (χ4v) is 2.94. The van der Waals surface area contributed by atoms with E-state index in [0.29, 0.717) is 0 Å². The molecule has 0 aliphatic heterocycles. The van der Waals surface area contributed by atoms with Crippen molar-refractivity contribution in [3.05, 3.63) is 29.8 Å². The van der Waals surface area contributed by atoms with Gasteiger partial charge in [0.2, 0.25) is 0 Å². The predicted molar refractivity (Wildman–Crippen MR) is 77.1 cm³/mol. The van der Waals surface area contributed by atoms with E-state index in [4.69, 9.17) is 0 Å². The topological polar surface area (TPSA) is 29.1 Å². The molecular formula is C15H21NOS. The van der Waals surface area contributed by atoms with Crippen molar-refractivity contribution >= 4 is 17.7 Å². The minimum Gasteiger partial charge on any atom is -0.352 e. The Morgan fingerprint density at radius 2 is 1.94 bits per heavy atom. The minimum absolute atomic E-state index is 0.0562. The lowest BCUT2D eigenvalue weighted by molar-refractivity contribution is 0.0951. The maximum Gasteiger partial charge on any atom is 0.251 e. The molecule has 0 aromatic heterocycles. The molecule has 0 heterocycles. The van der Waals surface area contributed by atoms with Crippen LogP contribution in [0, 0.1) is 5.92 Å². The summed E-state index contributed by atoms with van der Waals surface area (Å²) < 4.78 is 0. The molecule has 3 heteroatoms. The highest BCUT2D eigenvalue weighted by Crippen LogP contribution is 2.26. The summed E-state index contributed by atoms with van der Waals surface area (Å²) in [5.74, 6) is 0.893. The Labute approximate surface area is 114 Å². The van der Waals surface area contributed by atoms with Gasteiger partial charge < -0.3 is 5.32 Å². The van der Waals surface area contributed by atoms with Crippen LogP contribution in [0.5, 0.6) is 0 Å². The first-order valence-corrected chi connectivity index (χ1v) is 7.94. The van der Waals surface area contributed by atoms with Gasteiger partial charge in [-0.05, 0) is 42.9 Å². The van der Waals surface area contributed by atoms with Gasteiger partial charge in [0.05, 0.1) is 0 Å². The van der Waals surface area contributed by atoms with Gasteiger partial charge >= 0.3 is 0 Å². The zero-order valence-corrected chi connectivity index (χ0v) is 11.8. The molecule has 1 fully saturated rings. The number of hydrogen-bond donors (Lipinski definition) is 1. The molecule has 1 aromatic carbocycles. The molecule has 18 heavy (non-hydrogen) atoms. The van der Waals surface area contributed by atoms with E-state index in [1.807, 2.05) is 30.5 Å². The molecule has 1 aromatic rings. The summed E-state index contributed by atoms with van der Waals surface area (Å²) in [5.41, 5.74) is 0.763. The smallest absolute Gasteiger partial charge is 0.251 e. The van der Waals surface area contributed by atoms with Crippen LogP contribution in [0.1, 0.15) is 42.5 Å². The molecule has 1 aliphatic rings. The SMILES string of the molecule is CSc1ccc(C(=O)NCCC2CCCC2)cc1. The van der Waals surface area contributed by atoms with Gasteiger partial charge in [-0.2, -0.15) is 0 Å². The molecule has 0 unspecified atom stereocenters. The number of carbonyl (C=O) groups is 1. The molecule has 1 aliphatic carbocycles. The van der Waals surface area contributed by atoms with Crippen LogP contribution in [0.15, 0.2) is 29.2 Å². The first-order chi connectivity index (χ1) is 8.79. The highest BCUT2D eigenvalue weighted by atomic mass is 32.2. The molecule has 1 N–H and O–H groups in total. The molecule has 0 spiro atoms. The third-order valence-corrected chi connectivity index (χ3v) is 4.41. The van der Waals surface area contributed by atoms with Gasteiger partial charge in [-0.15, -0.1) is 11.8 Å². The summed E-state index contributed by atoms with van der Waals surface area (Å²) >= 11 is 1.69. The fourth-order valence-electron chi connectivity index (χ4n) is 2.53. The van der Waals surface area contributed by atoms with Crippen molar-refractivity contribution in [1.82, 2.24) is 5.32 Å². The highest BCUT2D eigenvalue weighted by molar-refractivity contribution is 7.98. The van der Waals surface area contributed by atoms with Crippen molar-refractivity contribution in [3.8, 4) is 0 Å². The number of amides is 1. The summed E-state index contributed by atoms with van der Waals surface area (Å²) in [6.45, 7) is 0.813. The lowest BCUT2D eigenvalue weighted by atomic mass is 10.0. The maximum atomic E-state index is 11.9. The van der Waals surface area contributed by atoms with Crippen LogP contribution in [0.25, 0.3) is 0 Å². The Hall–Kier alpha value is -0.960. The zero-order valence-electron chi connectivity index (χ0n) is 10.9. The Kier molecular flexibility index (Phi) is 5.12. The second-order valence-corrected chi connectivity index (χ2v) is 5.80. The number of hydrogen-bond acceptors (Lipinski definition) is 2. The van der Waals surface area contributed by atoms with Crippen LogP contribution in [-0.2, 0) is 0 Å². The third kappa shape index (κ3) is 3.77. The van der Waals surface area contributed by atoms with E-state index < -0.39 is 0 Å². The second kappa shape index (κ2) is 6.83. The summed E-state index contributed by atoms with van der Waals surface area (Å²) in [4.78, 5) is 13.1. The Morgan fingerprint density at radius 3 is 2.56 bits per heavy atom. The molecule has 0 bridgehead atoms. The van der Waals surface area contributed by atoms with E-state index in [1.165, 1.54) is 30.6 Å².